The Hall–Kier alpha value is -1.64. The molecule has 1 saturated heterocycles. The van der Waals surface area contributed by atoms with Crippen LogP contribution in [0.1, 0.15) is 47.4 Å². The van der Waals surface area contributed by atoms with Gasteiger partial charge in [-0.2, -0.15) is 0 Å². The SMILES string of the molecule is NC1CC(c2ccccc2)CN(Cc2ccc3c(c2)CCCC3)C1. The average molecular weight is 320 g/mol. The molecule has 2 heteroatoms. The summed E-state index contributed by atoms with van der Waals surface area (Å²) in [5, 5.41) is 0. The second kappa shape index (κ2) is 7.08. The first-order valence-electron chi connectivity index (χ1n) is 9.41. The van der Waals surface area contributed by atoms with E-state index in [0.717, 1.165) is 26.1 Å². The van der Waals surface area contributed by atoms with Crippen LogP contribution in [0.2, 0.25) is 0 Å². The zero-order chi connectivity index (χ0) is 16.4. The number of hydrogen-bond donors (Lipinski definition) is 1. The Morgan fingerprint density at radius 1 is 0.917 bits per heavy atom. The molecule has 0 amide bonds. The van der Waals surface area contributed by atoms with Crippen LogP contribution in [0, 0.1) is 0 Å². The predicted octanol–water partition coefficient (Wildman–Crippen LogP) is 3.88. The van der Waals surface area contributed by atoms with Crippen LogP contribution >= 0.6 is 0 Å². The molecular formula is C22H28N2. The minimum atomic E-state index is 0.279. The molecule has 0 bridgehead atoms. The molecule has 24 heavy (non-hydrogen) atoms. The molecule has 0 aromatic heterocycles. The van der Waals surface area contributed by atoms with Crippen LogP contribution in [0.5, 0.6) is 0 Å². The van der Waals surface area contributed by atoms with Gasteiger partial charge in [0, 0.05) is 25.7 Å². The minimum absolute atomic E-state index is 0.279. The second-order valence-corrected chi connectivity index (χ2v) is 7.61. The van der Waals surface area contributed by atoms with Crippen LogP contribution in [-0.4, -0.2) is 24.0 Å². The highest BCUT2D eigenvalue weighted by atomic mass is 15.1. The summed E-state index contributed by atoms with van der Waals surface area (Å²) < 4.78 is 0. The standard InChI is InChI=1S/C22H28N2/c23-22-13-21(18-6-2-1-3-7-18)15-24(16-22)14-17-10-11-19-8-4-5-9-20(19)12-17/h1-3,6-7,10-12,21-22H,4-5,8-9,13-16,23H2. The van der Waals surface area contributed by atoms with Gasteiger partial charge in [-0.15, -0.1) is 0 Å². The van der Waals surface area contributed by atoms with E-state index in [4.69, 9.17) is 5.73 Å². The van der Waals surface area contributed by atoms with Gasteiger partial charge in [0.05, 0.1) is 0 Å². The van der Waals surface area contributed by atoms with E-state index in [1.165, 1.54) is 36.8 Å². The van der Waals surface area contributed by atoms with E-state index in [2.05, 4.69) is 53.4 Å². The Bertz CT molecular complexity index is 680. The molecule has 2 nitrogen and oxygen atoms in total. The van der Waals surface area contributed by atoms with Gasteiger partial charge in [0.2, 0.25) is 0 Å². The monoisotopic (exact) mass is 320 g/mol. The maximum atomic E-state index is 6.38. The molecule has 0 radical (unpaired) electrons. The number of benzene rings is 2. The van der Waals surface area contributed by atoms with Crippen molar-refractivity contribution in [2.24, 2.45) is 5.73 Å². The normalized spacial score (nSPS) is 24.5. The summed E-state index contributed by atoms with van der Waals surface area (Å²) in [6, 6.07) is 18.3. The molecule has 126 valence electrons. The maximum absolute atomic E-state index is 6.38. The van der Waals surface area contributed by atoms with Gasteiger partial charge in [0.1, 0.15) is 0 Å². The third-order valence-electron chi connectivity index (χ3n) is 5.65. The molecule has 4 rings (SSSR count). The summed E-state index contributed by atoms with van der Waals surface area (Å²) >= 11 is 0. The molecule has 0 spiro atoms. The predicted molar refractivity (Wildman–Crippen MR) is 100 cm³/mol. The summed E-state index contributed by atoms with van der Waals surface area (Å²) in [7, 11) is 0. The lowest BCUT2D eigenvalue weighted by Crippen LogP contribution is -2.45. The second-order valence-electron chi connectivity index (χ2n) is 7.61. The van der Waals surface area contributed by atoms with Gasteiger partial charge in [0.15, 0.2) is 0 Å². The van der Waals surface area contributed by atoms with Crippen molar-refractivity contribution in [2.75, 3.05) is 13.1 Å². The Morgan fingerprint density at radius 3 is 2.54 bits per heavy atom. The summed E-state index contributed by atoms with van der Waals surface area (Å²) in [6.07, 6.45) is 6.33. The third-order valence-corrected chi connectivity index (χ3v) is 5.65. The van der Waals surface area contributed by atoms with Crippen molar-refractivity contribution in [3.05, 3.63) is 70.8 Å². The lowest BCUT2D eigenvalue weighted by molar-refractivity contribution is 0.181. The van der Waals surface area contributed by atoms with E-state index in [1.807, 2.05) is 0 Å². The van der Waals surface area contributed by atoms with E-state index in [9.17, 15) is 0 Å². The van der Waals surface area contributed by atoms with Crippen molar-refractivity contribution in [3.63, 3.8) is 0 Å². The van der Waals surface area contributed by atoms with Crippen LogP contribution in [0.15, 0.2) is 48.5 Å². The molecule has 1 aliphatic heterocycles. The topological polar surface area (TPSA) is 29.3 Å². The fraction of sp³-hybridized carbons (Fsp3) is 0.455. The zero-order valence-corrected chi connectivity index (χ0v) is 14.5. The fourth-order valence-corrected chi connectivity index (χ4v) is 4.47. The first-order chi connectivity index (χ1) is 11.8. The van der Waals surface area contributed by atoms with Gasteiger partial charge < -0.3 is 5.73 Å². The molecule has 2 aromatic rings. The van der Waals surface area contributed by atoms with Gasteiger partial charge in [-0.05, 0) is 60.3 Å². The van der Waals surface area contributed by atoms with Crippen LogP contribution in [0.3, 0.4) is 0 Å². The Labute approximate surface area is 145 Å². The first kappa shape index (κ1) is 15.9. The van der Waals surface area contributed by atoms with Crippen LogP contribution in [-0.2, 0) is 19.4 Å². The van der Waals surface area contributed by atoms with E-state index >= 15 is 0 Å². The summed E-state index contributed by atoms with van der Waals surface area (Å²) in [5.41, 5.74) is 12.4. The minimum Gasteiger partial charge on any atom is -0.327 e. The number of nitrogens with zero attached hydrogens (tertiary/aromatic N) is 1. The van der Waals surface area contributed by atoms with Gasteiger partial charge in [-0.3, -0.25) is 4.90 Å². The van der Waals surface area contributed by atoms with Crippen molar-refractivity contribution in [2.45, 2.75) is 50.6 Å². The van der Waals surface area contributed by atoms with Crippen molar-refractivity contribution in [1.82, 2.24) is 4.90 Å². The first-order valence-corrected chi connectivity index (χ1v) is 9.41. The number of hydrogen-bond acceptors (Lipinski definition) is 2. The van der Waals surface area contributed by atoms with Gasteiger partial charge in [-0.25, -0.2) is 0 Å². The molecule has 1 heterocycles. The highest BCUT2D eigenvalue weighted by Crippen LogP contribution is 2.28. The Morgan fingerprint density at radius 2 is 1.71 bits per heavy atom. The molecule has 1 fully saturated rings. The highest BCUT2D eigenvalue weighted by molar-refractivity contribution is 5.34. The van der Waals surface area contributed by atoms with Crippen molar-refractivity contribution in [3.8, 4) is 0 Å². The van der Waals surface area contributed by atoms with Crippen LogP contribution in [0.25, 0.3) is 0 Å². The highest BCUT2D eigenvalue weighted by Gasteiger charge is 2.26. The molecule has 2 atom stereocenters. The number of likely N-dealkylation sites (tertiary alicyclic amines) is 1. The van der Waals surface area contributed by atoms with Crippen LogP contribution in [0.4, 0.5) is 0 Å². The Kier molecular flexibility index (Phi) is 4.68. The molecular weight excluding hydrogens is 292 g/mol. The van der Waals surface area contributed by atoms with Crippen molar-refractivity contribution >= 4 is 0 Å². The lowest BCUT2D eigenvalue weighted by Gasteiger charge is -2.36. The van der Waals surface area contributed by atoms with Crippen molar-refractivity contribution < 1.29 is 0 Å². The number of aryl methyl sites for hydroxylation is 2. The van der Waals surface area contributed by atoms with E-state index < -0.39 is 0 Å². The lowest BCUT2D eigenvalue weighted by atomic mass is 9.87. The molecule has 2 aromatic carbocycles. The molecule has 0 saturated carbocycles. The van der Waals surface area contributed by atoms with E-state index in [0.29, 0.717) is 5.92 Å². The van der Waals surface area contributed by atoms with Gasteiger partial charge in [0.25, 0.3) is 0 Å². The largest absolute Gasteiger partial charge is 0.327 e. The van der Waals surface area contributed by atoms with Crippen LogP contribution < -0.4 is 5.73 Å². The van der Waals surface area contributed by atoms with E-state index in [-0.39, 0.29) is 6.04 Å². The molecule has 1 aliphatic carbocycles. The van der Waals surface area contributed by atoms with E-state index in [1.54, 1.807) is 11.1 Å². The Balaban J connectivity index is 1.47. The number of piperidine rings is 1. The molecule has 2 N–H and O–H groups in total. The van der Waals surface area contributed by atoms with Crippen molar-refractivity contribution in [1.29, 1.82) is 0 Å². The summed E-state index contributed by atoms with van der Waals surface area (Å²) in [4.78, 5) is 2.55. The molecule has 2 aliphatic rings. The molecule has 2 unspecified atom stereocenters. The van der Waals surface area contributed by atoms with Gasteiger partial charge in [-0.1, -0.05) is 48.5 Å². The summed E-state index contributed by atoms with van der Waals surface area (Å²) in [5.74, 6) is 0.563. The average Bonchev–Trinajstić information content (AvgIpc) is 2.62. The number of fused-ring (bicyclic) bond motifs is 1. The number of rotatable bonds is 3. The maximum Gasteiger partial charge on any atom is 0.0234 e. The quantitative estimate of drug-likeness (QED) is 0.930. The summed E-state index contributed by atoms with van der Waals surface area (Å²) in [6.45, 7) is 3.17. The third kappa shape index (κ3) is 3.55. The van der Waals surface area contributed by atoms with Gasteiger partial charge >= 0.3 is 0 Å². The smallest absolute Gasteiger partial charge is 0.0234 e. The number of nitrogens with two attached hydrogens (primary N) is 1. The fourth-order valence-electron chi connectivity index (χ4n) is 4.47. The zero-order valence-electron chi connectivity index (χ0n) is 14.5.